The summed E-state index contributed by atoms with van der Waals surface area (Å²) < 4.78 is 2.73. The average molecular weight is 731 g/mol. The van der Waals surface area contributed by atoms with Crippen molar-refractivity contribution in [1.82, 2.24) is 0 Å². The van der Waals surface area contributed by atoms with E-state index in [1.54, 1.807) is 0 Å². The summed E-state index contributed by atoms with van der Waals surface area (Å²) in [7, 11) is 0. The van der Waals surface area contributed by atoms with Gasteiger partial charge in [-0.25, -0.2) is 0 Å². The molecule has 0 nitrogen and oxygen atoms in total. The van der Waals surface area contributed by atoms with E-state index in [1.807, 2.05) is 11.3 Å². The zero-order valence-electron chi connectivity index (χ0n) is 31.5. The van der Waals surface area contributed by atoms with Gasteiger partial charge in [-0.3, -0.25) is 0 Å². The van der Waals surface area contributed by atoms with Crippen LogP contribution in [0.4, 0.5) is 0 Å². The summed E-state index contributed by atoms with van der Waals surface area (Å²) in [5.74, 6) is 0. The Morgan fingerprint density at radius 2 is 0.964 bits per heavy atom. The molecule has 0 atom stereocenters. The molecule has 10 aromatic rings. The van der Waals surface area contributed by atoms with Crippen molar-refractivity contribution in [3.05, 3.63) is 179 Å². The lowest BCUT2D eigenvalue weighted by molar-refractivity contribution is 0.662. The van der Waals surface area contributed by atoms with E-state index < -0.39 is 0 Å². The van der Waals surface area contributed by atoms with Gasteiger partial charge < -0.3 is 0 Å². The van der Waals surface area contributed by atoms with Gasteiger partial charge in [-0.1, -0.05) is 172 Å². The fourth-order valence-corrected chi connectivity index (χ4v) is 11.7. The molecule has 2 aliphatic rings. The maximum Gasteiger partial charge on any atom is 0.0434 e. The molecular formula is C55H38S. The Hall–Kier alpha value is -6.28. The predicted molar refractivity (Wildman–Crippen MR) is 243 cm³/mol. The second-order valence-corrected chi connectivity index (χ2v) is 17.2. The van der Waals surface area contributed by atoms with Crippen LogP contribution in [0.3, 0.4) is 0 Å². The van der Waals surface area contributed by atoms with E-state index in [4.69, 9.17) is 0 Å². The summed E-state index contributed by atoms with van der Waals surface area (Å²) in [6.45, 7) is 4.90. The van der Waals surface area contributed by atoms with Crippen LogP contribution in [0.1, 0.15) is 37.8 Å². The van der Waals surface area contributed by atoms with E-state index in [2.05, 4.69) is 184 Å². The molecular weight excluding hydrogens is 693 g/mol. The maximum absolute atomic E-state index is 2.59. The van der Waals surface area contributed by atoms with E-state index in [0.29, 0.717) is 0 Å². The van der Waals surface area contributed by atoms with Crippen molar-refractivity contribution in [2.45, 2.75) is 32.1 Å². The molecule has 9 aromatic carbocycles. The van der Waals surface area contributed by atoms with Gasteiger partial charge in [0, 0.05) is 31.0 Å². The Morgan fingerprint density at radius 3 is 1.71 bits per heavy atom. The third kappa shape index (κ3) is 4.35. The van der Waals surface area contributed by atoms with Crippen LogP contribution in [-0.2, 0) is 5.41 Å². The average Bonchev–Trinajstić information content (AvgIpc) is 3.75. The zero-order valence-corrected chi connectivity index (χ0v) is 32.3. The van der Waals surface area contributed by atoms with Crippen molar-refractivity contribution < 1.29 is 0 Å². The molecule has 56 heavy (non-hydrogen) atoms. The van der Waals surface area contributed by atoms with E-state index in [-0.39, 0.29) is 5.41 Å². The number of fused-ring (bicyclic) bond motifs is 12. The summed E-state index contributed by atoms with van der Waals surface area (Å²) in [5.41, 5.74) is 13.4. The zero-order chi connectivity index (χ0) is 37.1. The molecule has 264 valence electrons. The van der Waals surface area contributed by atoms with E-state index >= 15 is 0 Å². The van der Waals surface area contributed by atoms with Gasteiger partial charge in [0.1, 0.15) is 0 Å². The van der Waals surface area contributed by atoms with Crippen LogP contribution in [0, 0.1) is 0 Å². The third-order valence-corrected chi connectivity index (χ3v) is 14.1. The van der Waals surface area contributed by atoms with Gasteiger partial charge in [-0.05, 0) is 118 Å². The van der Waals surface area contributed by atoms with E-state index in [1.165, 1.54) is 119 Å². The fraction of sp³-hybridized carbons (Fsp3) is 0.0909. The van der Waals surface area contributed by atoms with Crippen molar-refractivity contribution in [2.75, 3.05) is 0 Å². The smallest absolute Gasteiger partial charge is 0.0434 e. The molecule has 0 bridgehead atoms. The summed E-state index contributed by atoms with van der Waals surface area (Å²) in [4.78, 5) is 0. The number of thiophene rings is 1. The molecule has 0 aliphatic heterocycles. The van der Waals surface area contributed by atoms with Gasteiger partial charge in [0.05, 0.1) is 0 Å². The normalized spacial score (nSPS) is 14.2. The molecule has 0 fully saturated rings. The van der Waals surface area contributed by atoms with Gasteiger partial charge in [-0.15, -0.1) is 11.3 Å². The quantitative estimate of drug-likeness (QED) is 0.170. The Bertz CT molecular complexity index is 3430. The third-order valence-electron chi connectivity index (χ3n) is 12.9. The van der Waals surface area contributed by atoms with Crippen LogP contribution in [0.2, 0.25) is 0 Å². The number of hydrogen-bond donors (Lipinski definition) is 0. The number of rotatable bonds is 3. The van der Waals surface area contributed by atoms with Crippen LogP contribution in [-0.4, -0.2) is 0 Å². The molecule has 1 heterocycles. The summed E-state index contributed by atoms with van der Waals surface area (Å²) in [6, 6.07) is 59.3. The first-order chi connectivity index (χ1) is 27.6. The van der Waals surface area contributed by atoms with Gasteiger partial charge >= 0.3 is 0 Å². The van der Waals surface area contributed by atoms with Crippen LogP contribution in [0.15, 0.2) is 158 Å². The summed E-state index contributed by atoms with van der Waals surface area (Å²) >= 11 is 1.94. The molecule has 12 rings (SSSR count). The van der Waals surface area contributed by atoms with Crippen molar-refractivity contribution in [2.24, 2.45) is 0 Å². The second-order valence-electron chi connectivity index (χ2n) is 16.2. The first-order valence-electron chi connectivity index (χ1n) is 19.9. The minimum atomic E-state index is -0.181. The van der Waals surface area contributed by atoms with E-state index in [9.17, 15) is 0 Å². The van der Waals surface area contributed by atoms with Crippen LogP contribution >= 0.6 is 11.3 Å². The lowest BCUT2D eigenvalue weighted by Crippen LogP contribution is -2.32. The predicted octanol–water partition coefficient (Wildman–Crippen LogP) is 14.2. The summed E-state index contributed by atoms with van der Waals surface area (Å²) in [6.07, 6.45) is 7.15. The highest BCUT2D eigenvalue weighted by Gasteiger charge is 2.39. The molecule has 0 saturated heterocycles. The largest absolute Gasteiger partial charge is 0.135 e. The Kier molecular flexibility index (Phi) is 6.78. The molecule has 0 spiro atoms. The topological polar surface area (TPSA) is 0 Å². The maximum atomic E-state index is 2.59. The summed E-state index contributed by atoms with van der Waals surface area (Å²) in [5, 5.41) is 13.4. The van der Waals surface area contributed by atoms with Gasteiger partial charge in [0.25, 0.3) is 0 Å². The molecule has 0 N–H and O–H groups in total. The number of hydrogen-bond acceptors (Lipinski definition) is 1. The van der Waals surface area contributed by atoms with Gasteiger partial charge in [-0.2, -0.15) is 0 Å². The van der Waals surface area contributed by atoms with Crippen LogP contribution < -0.4 is 10.4 Å². The molecule has 0 saturated carbocycles. The minimum Gasteiger partial charge on any atom is -0.135 e. The highest BCUT2D eigenvalue weighted by atomic mass is 32.1. The highest BCUT2D eigenvalue weighted by Crippen LogP contribution is 2.56. The minimum absolute atomic E-state index is 0.181. The lowest BCUT2D eigenvalue weighted by Gasteiger charge is -2.27. The van der Waals surface area contributed by atoms with Crippen LogP contribution in [0.25, 0.3) is 109 Å². The molecule has 0 amide bonds. The van der Waals surface area contributed by atoms with Crippen molar-refractivity contribution in [3.8, 4) is 44.5 Å². The second kappa shape index (κ2) is 11.9. The van der Waals surface area contributed by atoms with Crippen molar-refractivity contribution >= 4 is 76.0 Å². The fourth-order valence-electron chi connectivity index (χ4n) is 10.5. The van der Waals surface area contributed by atoms with E-state index in [0.717, 1.165) is 12.8 Å². The highest BCUT2D eigenvalue weighted by molar-refractivity contribution is 7.26. The molecule has 1 aromatic heterocycles. The molecule has 0 radical (unpaired) electrons. The molecule has 0 unspecified atom stereocenters. The SMILES string of the molecule is CC1(C)c2ccccc2-c2c1c(-c1c3c(c(-c4ccc(-c5ccccc5)c5ccccc45)c4ccccc14)=CCCC=3)cc1c2ccc2c3ccccc3sc12. The van der Waals surface area contributed by atoms with Crippen LogP contribution in [0.5, 0.6) is 0 Å². The molecule has 2 aliphatic carbocycles. The Labute approximate surface area is 330 Å². The first kappa shape index (κ1) is 32.0. The van der Waals surface area contributed by atoms with Gasteiger partial charge in [0.2, 0.25) is 0 Å². The lowest BCUT2D eigenvalue weighted by atomic mass is 9.76. The Morgan fingerprint density at radius 1 is 0.411 bits per heavy atom. The standard InChI is InChI=1S/C55H38S/c1-55(2)48-26-14-12-25-45(48)52-43-30-31-44-37-20-13-15-27-49(37)56-54(44)46(43)32-47(53(52)55)51-40-23-10-8-21-38(40)50(39-22-9-11-24-41(39)51)42-29-28-34(33-16-4-3-5-17-33)35-18-6-7-19-36(35)42/h3-8,10,12-32H,9,11H2,1-2H3. The van der Waals surface area contributed by atoms with Crippen molar-refractivity contribution in [1.29, 1.82) is 0 Å². The molecule has 1 heteroatoms. The number of benzene rings is 9. The monoisotopic (exact) mass is 730 g/mol. The Balaban J connectivity index is 1.24. The first-order valence-corrected chi connectivity index (χ1v) is 20.7. The van der Waals surface area contributed by atoms with Crippen molar-refractivity contribution in [3.63, 3.8) is 0 Å². The van der Waals surface area contributed by atoms with Gasteiger partial charge in [0.15, 0.2) is 0 Å².